The van der Waals surface area contributed by atoms with Crippen molar-refractivity contribution in [2.75, 3.05) is 14.2 Å². The SMILES string of the molecule is COc1ccc(C(Cl)c2c(C)oc(C)c2C)c(OC)c1Br. The van der Waals surface area contributed by atoms with E-state index in [-0.39, 0.29) is 5.38 Å². The molecule has 2 aromatic rings. The van der Waals surface area contributed by atoms with E-state index in [9.17, 15) is 0 Å². The van der Waals surface area contributed by atoms with Crippen molar-refractivity contribution in [2.24, 2.45) is 0 Å². The fourth-order valence-electron chi connectivity index (χ4n) is 2.46. The minimum atomic E-state index is -0.348. The van der Waals surface area contributed by atoms with Crippen LogP contribution in [0.15, 0.2) is 21.0 Å². The molecular formula is C16H18BrClO3. The van der Waals surface area contributed by atoms with Crippen molar-refractivity contribution in [1.82, 2.24) is 0 Å². The van der Waals surface area contributed by atoms with Crippen LogP contribution in [0.2, 0.25) is 0 Å². The molecule has 0 aliphatic heterocycles. The molecule has 0 spiro atoms. The van der Waals surface area contributed by atoms with Crippen LogP contribution in [-0.4, -0.2) is 14.2 Å². The summed E-state index contributed by atoms with van der Waals surface area (Å²) in [4.78, 5) is 0. The largest absolute Gasteiger partial charge is 0.495 e. The van der Waals surface area contributed by atoms with Gasteiger partial charge in [0.05, 0.1) is 19.6 Å². The van der Waals surface area contributed by atoms with Crippen LogP contribution in [0.4, 0.5) is 0 Å². The fourth-order valence-corrected chi connectivity index (χ4v) is 3.63. The molecule has 114 valence electrons. The molecule has 21 heavy (non-hydrogen) atoms. The number of hydrogen-bond donors (Lipinski definition) is 0. The highest BCUT2D eigenvalue weighted by molar-refractivity contribution is 9.10. The molecule has 1 atom stereocenters. The van der Waals surface area contributed by atoms with Gasteiger partial charge in [-0.15, -0.1) is 11.6 Å². The van der Waals surface area contributed by atoms with Gasteiger partial charge in [-0.3, -0.25) is 0 Å². The van der Waals surface area contributed by atoms with E-state index >= 15 is 0 Å². The number of aryl methyl sites for hydroxylation is 2. The third kappa shape index (κ3) is 2.79. The number of benzene rings is 1. The van der Waals surface area contributed by atoms with E-state index in [0.29, 0.717) is 11.5 Å². The van der Waals surface area contributed by atoms with Gasteiger partial charge in [-0.2, -0.15) is 0 Å². The number of methoxy groups -OCH3 is 2. The van der Waals surface area contributed by atoms with E-state index < -0.39 is 0 Å². The molecule has 5 heteroatoms. The van der Waals surface area contributed by atoms with Gasteiger partial charge in [-0.1, -0.05) is 0 Å². The van der Waals surface area contributed by atoms with E-state index in [4.69, 9.17) is 25.5 Å². The second kappa shape index (κ2) is 6.32. The zero-order chi connectivity index (χ0) is 15.7. The maximum atomic E-state index is 6.71. The highest BCUT2D eigenvalue weighted by Gasteiger charge is 2.25. The first-order valence-electron chi connectivity index (χ1n) is 6.53. The maximum absolute atomic E-state index is 6.71. The third-order valence-corrected chi connectivity index (χ3v) is 4.86. The standard InChI is InChI=1S/C16H18BrClO3/c1-8-9(2)21-10(3)13(8)15(18)11-6-7-12(19-4)14(17)16(11)20-5/h6-7,15H,1-5H3. The van der Waals surface area contributed by atoms with Crippen LogP contribution in [0.3, 0.4) is 0 Å². The Morgan fingerprint density at radius 3 is 2.24 bits per heavy atom. The van der Waals surface area contributed by atoms with Crippen molar-refractivity contribution in [3.8, 4) is 11.5 Å². The predicted octanol–water partition coefficient (Wildman–Crippen LogP) is 5.31. The summed E-state index contributed by atoms with van der Waals surface area (Å²) < 4.78 is 17.2. The fraction of sp³-hybridized carbons (Fsp3) is 0.375. The zero-order valence-electron chi connectivity index (χ0n) is 12.7. The van der Waals surface area contributed by atoms with Gasteiger partial charge in [0.15, 0.2) is 0 Å². The molecule has 3 nitrogen and oxygen atoms in total. The topological polar surface area (TPSA) is 31.6 Å². The summed E-state index contributed by atoms with van der Waals surface area (Å²) in [6.45, 7) is 5.88. The Bertz CT molecular complexity index is 664. The van der Waals surface area contributed by atoms with Gasteiger partial charge < -0.3 is 13.9 Å². The number of rotatable bonds is 4. The maximum Gasteiger partial charge on any atom is 0.141 e. The summed E-state index contributed by atoms with van der Waals surface area (Å²) in [5.41, 5.74) is 2.94. The number of furan rings is 1. The minimum Gasteiger partial charge on any atom is -0.495 e. The van der Waals surface area contributed by atoms with Crippen LogP contribution in [-0.2, 0) is 0 Å². The molecule has 1 heterocycles. The molecule has 0 saturated carbocycles. The molecule has 2 rings (SSSR count). The third-order valence-electron chi connectivity index (χ3n) is 3.66. The van der Waals surface area contributed by atoms with Crippen molar-refractivity contribution in [3.63, 3.8) is 0 Å². The first-order valence-corrected chi connectivity index (χ1v) is 7.76. The second-order valence-corrected chi connectivity index (χ2v) is 6.05. The molecule has 0 bridgehead atoms. The van der Waals surface area contributed by atoms with Crippen LogP contribution in [0, 0.1) is 20.8 Å². The Kier molecular flexibility index (Phi) is 4.89. The number of halogens is 2. The van der Waals surface area contributed by atoms with E-state index in [1.54, 1.807) is 14.2 Å². The smallest absolute Gasteiger partial charge is 0.141 e. The lowest BCUT2D eigenvalue weighted by Gasteiger charge is -2.17. The molecule has 1 aromatic carbocycles. The lowest BCUT2D eigenvalue weighted by molar-refractivity contribution is 0.386. The number of alkyl halides is 1. The summed E-state index contributed by atoms with van der Waals surface area (Å²) >= 11 is 10.2. The van der Waals surface area contributed by atoms with E-state index in [0.717, 1.165) is 32.7 Å². The molecule has 0 aliphatic rings. The molecule has 0 aliphatic carbocycles. The average molecular weight is 374 g/mol. The Labute approximate surface area is 138 Å². The average Bonchev–Trinajstić information content (AvgIpc) is 2.71. The number of hydrogen-bond acceptors (Lipinski definition) is 3. The molecule has 0 amide bonds. The first kappa shape index (κ1) is 16.2. The first-order chi connectivity index (χ1) is 9.92. The number of ether oxygens (including phenoxy) is 2. The van der Waals surface area contributed by atoms with Gasteiger partial charge in [0.1, 0.15) is 27.5 Å². The molecule has 0 saturated heterocycles. The van der Waals surface area contributed by atoms with Crippen molar-refractivity contribution in [1.29, 1.82) is 0 Å². The zero-order valence-corrected chi connectivity index (χ0v) is 15.1. The Balaban J connectivity index is 2.58. The van der Waals surface area contributed by atoms with Crippen LogP contribution >= 0.6 is 27.5 Å². The van der Waals surface area contributed by atoms with Crippen molar-refractivity contribution in [3.05, 3.63) is 44.8 Å². The van der Waals surface area contributed by atoms with Gasteiger partial charge in [0.25, 0.3) is 0 Å². The Morgan fingerprint density at radius 1 is 1.10 bits per heavy atom. The van der Waals surface area contributed by atoms with E-state index in [1.807, 2.05) is 32.9 Å². The molecule has 0 N–H and O–H groups in total. The lowest BCUT2D eigenvalue weighted by Crippen LogP contribution is -2.01. The van der Waals surface area contributed by atoms with Crippen LogP contribution < -0.4 is 9.47 Å². The highest BCUT2D eigenvalue weighted by Crippen LogP contribution is 2.45. The van der Waals surface area contributed by atoms with E-state index in [1.165, 1.54) is 0 Å². The Morgan fingerprint density at radius 2 is 1.76 bits per heavy atom. The predicted molar refractivity (Wildman–Crippen MR) is 87.9 cm³/mol. The second-order valence-electron chi connectivity index (χ2n) is 4.82. The summed E-state index contributed by atoms with van der Waals surface area (Å²) in [5, 5.41) is -0.348. The van der Waals surface area contributed by atoms with Crippen LogP contribution in [0.25, 0.3) is 0 Å². The molecule has 1 aromatic heterocycles. The lowest BCUT2D eigenvalue weighted by atomic mass is 9.99. The van der Waals surface area contributed by atoms with Crippen LogP contribution in [0.5, 0.6) is 11.5 Å². The monoisotopic (exact) mass is 372 g/mol. The van der Waals surface area contributed by atoms with Gasteiger partial charge in [-0.05, 0) is 54.4 Å². The summed E-state index contributed by atoms with van der Waals surface area (Å²) in [7, 11) is 3.23. The quantitative estimate of drug-likeness (QED) is 0.680. The van der Waals surface area contributed by atoms with Crippen LogP contribution in [0.1, 0.15) is 33.6 Å². The van der Waals surface area contributed by atoms with Crippen molar-refractivity contribution >= 4 is 27.5 Å². The van der Waals surface area contributed by atoms with Gasteiger partial charge in [0.2, 0.25) is 0 Å². The van der Waals surface area contributed by atoms with Gasteiger partial charge >= 0.3 is 0 Å². The van der Waals surface area contributed by atoms with E-state index in [2.05, 4.69) is 15.9 Å². The summed E-state index contributed by atoms with van der Waals surface area (Å²) in [6, 6.07) is 3.79. The van der Waals surface area contributed by atoms with Gasteiger partial charge in [0, 0.05) is 11.1 Å². The summed E-state index contributed by atoms with van der Waals surface area (Å²) in [6.07, 6.45) is 0. The van der Waals surface area contributed by atoms with Crippen molar-refractivity contribution in [2.45, 2.75) is 26.1 Å². The normalized spacial score (nSPS) is 12.3. The van der Waals surface area contributed by atoms with Gasteiger partial charge in [-0.25, -0.2) is 0 Å². The van der Waals surface area contributed by atoms with Crippen molar-refractivity contribution < 1.29 is 13.9 Å². The molecule has 1 unspecified atom stereocenters. The Hall–Kier alpha value is -1.13. The summed E-state index contributed by atoms with van der Waals surface area (Å²) in [5.74, 6) is 3.10. The molecule has 0 radical (unpaired) electrons. The highest BCUT2D eigenvalue weighted by atomic mass is 79.9. The molecule has 0 fully saturated rings. The molecular weight excluding hydrogens is 356 g/mol. The minimum absolute atomic E-state index is 0.348.